The third-order valence-electron chi connectivity index (χ3n) is 2.87. The standard InChI is InChI=1S/C11H13F3N2/c12-11(13,14)9-2-1-5-16-10(9)8-3-6-15-7-4-8/h1-2,5,8,15H,3-4,6-7H2. The fourth-order valence-electron chi connectivity index (χ4n) is 2.08. The summed E-state index contributed by atoms with van der Waals surface area (Å²) in [7, 11) is 0. The molecule has 0 aliphatic carbocycles. The first kappa shape index (κ1) is 11.4. The van der Waals surface area contributed by atoms with E-state index in [1.54, 1.807) is 0 Å². The molecule has 0 bridgehead atoms. The Balaban J connectivity index is 2.32. The molecule has 5 heteroatoms. The van der Waals surface area contributed by atoms with E-state index < -0.39 is 11.7 Å². The van der Waals surface area contributed by atoms with Crippen LogP contribution in [-0.4, -0.2) is 18.1 Å². The number of aromatic nitrogens is 1. The lowest BCUT2D eigenvalue weighted by Crippen LogP contribution is -2.28. The number of halogens is 3. The Bertz CT molecular complexity index is 356. The molecule has 0 spiro atoms. The SMILES string of the molecule is FC(F)(F)c1cccnc1C1CCNCC1. The fourth-order valence-corrected chi connectivity index (χ4v) is 2.08. The van der Waals surface area contributed by atoms with Crippen molar-refractivity contribution in [2.45, 2.75) is 24.9 Å². The lowest BCUT2D eigenvalue weighted by Gasteiger charge is -2.24. The minimum absolute atomic E-state index is 0.0703. The first-order valence-corrected chi connectivity index (χ1v) is 5.32. The van der Waals surface area contributed by atoms with Gasteiger partial charge in [-0.15, -0.1) is 0 Å². The highest BCUT2D eigenvalue weighted by Gasteiger charge is 2.36. The van der Waals surface area contributed by atoms with Gasteiger partial charge >= 0.3 is 6.18 Å². The third-order valence-corrected chi connectivity index (χ3v) is 2.87. The van der Waals surface area contributed by atoms with E-state index in [9.17, 15) is 13.2 Å². The monoisotopic (exact) mass is 230 g/mol. The summed E-state index contributed by atoms with van der Waals surface area (Å²) in [6, 6.07) is 2.46. The van der Waals surface area contributed by atoms with Gasteiger partial charge in [-0.3, -0.25) is 4.98 Å². The molecule has 2 nitrogen and oxygen atoms in total. The van der Waals surface area contributed by atoms with Crippen LogP contribution in [0.5, 0.6) is 0 Å². The van der Waals surface area contributed by atoms with E-state index in [-0.39, 0.29) is 11.6 Å². The van der Waals surface area contributed by atoms with E-state index in [0.29, 0.717) is 0 Å². The molecule has 0 atom stereocenters. The van der Waals surface area contributed by atoms with Crippen molar-refractivity contribution in [2.24, 2.45) is 0 Å². The van der Waals surface area contributed by atoms with Gasteiger partial charge in [0.25, 0.3) is 0 Å². The van der Waals surface area contributed by atoms with Crippen molar-refractivity contribution in [2.75, 3.05) is 13.1 Å². The summed E-state index contributed by atoms with van der Waals surface area (Å²) < 4.78 is 38.2. The van der Waals surface area contributed by atoms with Gasteiger partial charge in [0.15, 0.2) is 0 Å². The summed E-state index contributed by atoms with van der Waals surface area (Å²) in [5, 5.41) is 3.13. The molecule has 2 rings (SSSR count). The fraction of sp³-hybridized carbons (Fsp3) is 0.545. The molecule has 1 aromatic rings. The number of rotatable bonds is 1. The zero-order valence-electron chi connectivity index (χ0n) is 8.72. The summed E-state index contributed by atoms with van der Waals surface area (Å²) in [5.41, 5.74) is -0.376. The molecule has 0 unspecified atom stereocenters. The number of nitrogens with one attached hydrogen (secondary N) is 1. The van der Waals surface area contributed by atoms with E-state index in [4.69, 9.17) is 0 Å². The van der Waals surface area contributed by atoms with Crippen molar-refractivity contribution in [1.29, 1.82) is 0 Å². The number of nitrogens with zero attached hydrogens (tertiary/aromatic N) is 1. The molecule has 88 valence electrons. The lowest BCUT2D eigenvalue weighted by molar-refractivity contribution is -0.138. The largest absolute Gasteiger partial charge is 0.418 e. The topological polar surface area (TPSA) is 24.9 Å². The summed E-state index contributed by atoms with van der Waals surface area (Å²) in [5.74, 6) is -0.0703. The van der Waals surface area contributed by atoms with E-state index >= 15 is 0 Å². The third kappa shape index (κ3) is 2.35. The number of hydrogen-bond donors (Lipinski definition) is 1. The Morgan fingerprint density at radius 3 is 2.56 bits per heavy atom. The first-order chi connectivity index (χ1) is 7.59. The highest BCUT2D eigenvalue weighted by molar-refractivity contribution is 5.26. The number of piperidine rings is 1. The van der Waals surface area contributed by atoms with Crippen molar-refractivity contribution >= 4 is 0 Å². The molecule has 1 saturated heterocycles. The predicted octanol–water partition coefficient (Wildman–Crippen LogP) is 2.57. The smallest absolute Gasteiger partial charge is 0.317 e. The van der Waals surface area contributed by atoms with Gasteiger partial charge in [0.1, 0.15) is 0 Å². The van der Waals surface area contributed by atoms with Crippen LogP contribution in [0, 0.1) is 0 Å². The molecular weight excluding hydrogens is 217 g/mol. The Kier molecular flexibility index (Phi) is 3.14. The summed E-state index contributed by atoms with van der Waals surface area (Å²) >= 11 is 0. The summed E-state index contributed by atoms with van der Waals surface area (Å²) in [4.78, 5) is 3.92. The zero-order chi connectivity index (χ0) is 11.6. The van der Waals surface area contributed by atoms with Crippen LogP contribution in [0.3, 0.4) is 0 Å². The van der Waals surface area contributed by atoms with Crippen molar-refractivity contribution in [3.05, 3.63) is 29.6 Å². The van der Waals surface area contributed by atoms with Crippen LogP contribution >= 0.6 is 0 Å². The normalized spacial score (nSPS) is 18.7. The predicted molar refractivity (Wildman–Crippen MR) is 54.1 cm³/mol. The second kappa shape index (κ2) is 4.41. The molecule has 1 fully saturated rings. The van der Waals surface area contributed by atoms with E-state index in [1.807, 2.05) is 0 Å². The number of pyridine rings is 1. The van der Waals surface area contributed by atoms with Crippen molar-refractivity contribution < 1.29 is 13.2 Å². The van der Waals surface area contributed by atoms with E-state index in [0.717, 1.165) is 32.0 Å². The molecule has 1 aromatic heterocycles. The summed E-state index contributed by atoms with van der Waals surface area (Å²) in [6.07, 6.45) is -1.42. The Hall–Kier alpha value is -1.10. The van der Waals surface area contributed by atoms with Crippen LogP contribution < -0.4 is 5.32 Å². The maximum atomic E-state index is 12.7. The Morgan fingerprint density at radius 1 is 1.25 bits per heavy atom. The van der Waals surface area contributed by atoms with Crippen LogP contribution in [0.1, 0.15) is 30.0 Å². The second-order valence-electron chi connectivity index (χ2n) is 3.96. The van der Waals surface area contributed by atoms with Crippen molar-refractivity contribution in [3.8, 4) is 0 Å². The van der Waals surface area contributed by atoms with Gasteiger partial charge in [-0.1, -0.05) is 0 Å². The lowest BCUT2D eigenvalue weighted by atomic mass is 9.91. The number of hydrogen-bond acceptors (Lipinski definition) is 2. The molecule has 1 aliphatic rings. The highest BCUT2D eigenvalue weighted by atomic mass is 19.4. The average Bonchev–Trinajstić information content (AvgIpc) is 2.29. The van der Waals surface area contributed by atoms with Gasteiger partial charge in [0.05, 0.1) is 11.3 Å². The van der Waals surface area contributed by atoms with Gasteiger partial charge in [0, 0.05) is 12.1 Å². The van der Waals surface area contributed by atoms with E-state index in [2.05, 4.69) is 10.3 Å². The van der Waals surface area contributed by atoms with E-state index in [1.165, 1.54) is 12.3 Å². The molecule has 2 heterocycles. The zero-order valence-corrected chi connectivity index (χ0v) is 8.72. The maximum Gasteiger partial charge on any atom is 0.418 e. The van der Waals surface area contributed by atoms with Gasteiger partial charge < -0.3 is 5.32 Å². The highest BCUT2D eigenvalue weighted by Crippen LogP contribution is 2.36. The van der Waals surface area contributed by atoms with Crippen LogP contribution in [-0.2, 0) is 6.18 Å². The van der Waals surface area contributed by atoms with Crippen LogP contribution in [0.2, 0.25) is 0 Å². The maximum absolute atomic E-state index is 12.7. The Morgan fingerprint density at radius 2 is 1.94 bits per heavy atom. The minimum Gasteiger partial charge on any atom is -0.317 e. The van der Waals surface area contributed by atoms with Crippen LogP contribution in [0.15, 0.2) is 18.3 Å². The van der Waals surface area contributed by atoms with Gasteiger partial charge in [-0.2, -0.15) is 13.2 Å². The molecule has 0 amide bonds. The van der Waals surface area contributed by atoms with Crippen LogP contribution in [0.25, 0.3) is 0 Å². The van der Waals surface area contributed by atoms with Crippen LogP contribution in [0.4, 0.5) is 13.2 Å². The first-order valence-electron chi connectivity index (χ1n) is 5.32. The molecule has 0 radical (unpaired) electrons. The number of alkyl halides is 3. The molecule has 0 saturated carbocycles. The molecule has 1 N–H and O–H groups in total. The van der Waals surface area contributed by atoms with Crippen molar-refractivity contribution in [1.82, 2.24) is 10.3 Å². The Labute approximate surface area is 91.9 Å². The molecule has 16 heavy (non-hydrogen) atoms. The van der Waals surface area contributed by atoms with Gasteiger partial charge in [-0.05, 0) is 38.1 Å². The molecule has 0 aromatic carbocycles. The van der Waals surface area contributed by atoms with Gasteiger partial charge in [0.2, 0.25) is 0 Å². The summed E-state index contributed by atoms with van der Waals surface area (Å²) in [6.45, 7) is 1.52. The molecule has 1 aliphatic heterocycles. The minimum atomic E-state index is -4.30. The van der Waals surface area contributed by atoms with Crippen molar-refractivity contribution in [3.63, 3.8) is 0 Å². The second-order valence-corrected chi connectivity index (χ2v) is 3.96. The average molecular weight is 230 g/mol. The quantitative estimate of drug-likeness (QED) is 0.802. The van der Waals surface area contributed by atoms with Gasteiger partial charge in [-0.25, -0.2) is 0 Å². The molecular formula is C11H13F3N2.